The first-order chi connectivity index (χ1) is 12.5. The molecule has 0 fully saturated rings. The number of aromatic nitrogens is 2. The Morgan fingerprint density at radius 1 is 1.15 bits per heavy atom. The first kappa shape index (κ1) is 19.6. The van der Waals surface area contributed by atoms with Crippen LogP contribution in [0.1, 0.15) is 38.9 Å². The Morgan fingerprint density at radius 3 is 2.54 bits per heavy atom. The fraction of sp³-hybridized carbons (Fsp3) is 0.474. The number of para-hydroxylation sites is 1. The van der Waals surface area contributed by atoms with Crippen molar-refractivity contribution in [3.63, 3.8) is 0 Å². The van der Waals surface area contributed by atoms with Crippen LogP contribution < -0.4 is 5.56 Å². The third-order valence-electron chi connectivity index (χ3n) is 3.92. The van der Waals surface area contributed by atoms with Crippen LogP contribution in [0.2, 0.25) is 0 Å². The fourth-order valence-electron chi connectivity index (χ4n) is 2.68. The molecule has 1 heterocycles. The van der Waals surface area contributed by atoms with Gasteiger partial charge in [-0.05, 0) is 25.0 Å². The van der Waals surface area contributed by atoms with Gasteiger partial charge in [-0.15, -0.1) is 0 Å². The summed E-state index contributed by atoms with van der Waals surface area (Å²) in [6.45, 7) is 5.07. The second-order valence-corrected chi connectivity index (χ2v) is 6.07. The lowest BCUT2D eigenvalue weighted by Crippen LogP contribution is -2.35. The van der Waals surface area contributed by atoms with Gasteiger partial charge in [0.15, 0.2) is 6.61 Å². The average molecular weight is 359 g/mol. The van der Waals surface area contributed by atoms with Gasteiger partial charge >= 0.3 is 5.97 Å². The minimum atomic E-state index is -0.484. The molecule has 0 radical (unpaired) electrons. The lowest BCUT2D eigenvalue weighted by molar-refractivity contribution is -0.152. The number of hydrogen-bond donors (Lipinski definition) is 1. The smallest absolute Gasteiger partial charge is 0.306 e. The maximum atomic E-state index is 12.1. The quantitative estimate of drug-likeness (QED) is 0.692. The summed E-state index contributed by atoms with van der Waals surface area (Å²) in [4.78, 5) is 44.7. The summed E-state index contributed by atoms with van der Waals surface area (Å²) in [5.41, 5.74) is 0.355. The van der Waals surface area contributed by atoms with Gasteiger partial charge in [0, 0.05) is 19.5 Å². The largest absolute Gasteiger partial charge is 0.456 e. The molecule has 0 saturated heterocycles. The van der Waals surface area contributed by atoms with Crippen LogP contribution in [0.5, 0.6) is 0 Å². The Labute approximate surface area is 152 Å². The molecule has 26 heavy (non-hydrogen) atoms. The number of benzene rings is 1. The van der Waals surface area contributed by atoms with Crippen molar-refractivity contribution in [2.75, 3.05) is 19.7 Å². The summed E-state index contributed by atoms with van der Waals surface area (Å²) in [6.07, 6.45) is 2.03. The normalized spacial score (nSPS) is 10.7. The molecular formula is C19H25N3O4. The van der Waals surface area contributed by atoms with Gasteiger partial charge in [-0.2, -0.15) is 0 Å². The summed E-state index contributed by atoms with van der Waals surface area (Å²) >= 11 is 0. The first-order valence-corrected chi connectivity index (χ1v) is 8.96. The van der Waals surface area contributed by atoms with Crippen molar-refractivity contribution in [1.82, 2.24) is 14.9 Å². The number of rotatable bonds is 9. The summed E-state index contributed by atoms with van der Waals surface area (Å²) < 4.78 is 5.07. The van der Waals surface area contributed by atoms with Crippen LogP contribution in [0.25, 0.3) is 10.9 Å². The molecule has 0 spiro atoms. The van der Waals surface area contributed by atoms with Gasteiger partial charge in [-0.25, -0.2) is 4.98 Å². The van der Waals surface area contributed by atoms with Gasteiger partial charge < -0.3 is 14.6 Å². The summed E-state index contributed by atoms with van der Waals surface area (Å²) in [5.74, 6) is -0.239. The van der Waals surface area contributed by atoms with Crippen LogP contribution in [-0.2, 0) is 20.7 Å². The second-order valence-electron chi connectivity index (χ2n) is 6.07. The molecule has 1 N–H and O–H groups in total. The van der Waals surface area contributed by atoms with Crippen LogP contribution in [0.3, 0.4) is 0 Å². The van der Waals surface area contributed by atoms with Gasteiger partial charge in [0.1, 0.15) is 5.82 Å². The van der Waals surface area contributed by atoms with Crippen LogP contribution >= 0.6 is 0 Å². The van der Waals surface area contributed by atoms with E-state index in [2.05, 4.69) is 9.97 Å². The van der Waals surface area contributed by atoms with E-state index in [1.54, 1.807) is 29.2 Å². The predicted octanol–water partition coefficient (Wildman–Crippen LogP) is 2.05. The predicted molar refractivity (Wildman–Crippen MR) is 98.8 cm³/mol. The van der Waals surface area contributed by atoms with E-state index < -0.39 is 5.97 Å². The van der Waals surface area contributed by atoms with Crippen molar-refractivity contribution in [2.45, 2.75) is 39.5 Å². The number of aromatic amines is 1. The number of fused-ring (bicyclic) bond motifs is 1. The number of nitrogens with zero attached hydrogens (tertiary/aromatic N) is 2. The van der Waals surface area contributed by atoms with E-state index in [1.807, 2.05) is 13.8 Å². The number of hydrogen-bond acceptors (Lipinski definition) is 5. The summed E-state index contributed by atoms with van der Waals surface area (Å²) in [7, 11) is 0. The van der Waals surface area contributed by atoms with Crippen LogP contribution in [0.15, 0.2) is 29.1 Å². The molecule has 7 heteroatoms. The van der Waals surface area contributed by atoms with Crippen molar-refractivity contribution in [2.24, 2.45) is 0 Å². The Bertz CT molecular complexity index is 810. The van der Waals surface area contributed by atoms with Crippen LogP contribution in [0, 0.1) is 0 Å². The molecule has 0 bridgehead atoms. The molecule has 1 aromatic carbocycles. The number of H-pyrrole nitrogens is 1. The van der Waals surface area contributed by atoms with Gasteiger partial charge in [0.25, 0.3) is 11.5 Å². The minimum absolute atomic E-state index is 0.0517. The van der Waals surface area contributed by atoms with E-state index in [0.717, 1.165) is 12.8 Å². The van der Waals surface area contributed by atoms with Crippen molar-refractivity contribution >= 4 is 22.8 Å². The van der Waals surface area contributed by atoms with Gasteiger partial charge in [0.05, 0.1) is 17.3 Å². The Kier molecular flexibility index (Phi) is 7.32. The zero-order valence-electron chi connectivity index (χ0n) is 15.3. The highest BCUT2D eigenvalue weighted by atomic mass is 16.5. The van der Waals surface area contributed by atoms with Gasteiger partial charge in [-0.3, -0.25) is 14.4 Å². The lowest BCUT2D eigenvalue weighted by Gasteiger charge is -2.21. The molecule has 1 amide bonds. The maximum Gasteiger partial charge on any atom is 0.306 e. The number of carbonyl (C=O) groups is 2. The van der Waals surface area contributed by atoms with Crippen molar-refractivity contribution < 1.29 is 14.3 Å². The highest BCUT2D eigenvalue weighted by Gasteiger charge is 2.14. The number of aryl methyl sites for hydroxylation is 1. The number of ether oxygens (including phenoxy) is 1. The van der Waals surface area contributed by atoms with Crippen molar-refractivity contribution in [3.05, 3.63) is 40.4 Å². The third kappa shape index (κ3) is 5.40. The number of amides is 1. The average Bonchev–Trinajstić information content (AvgIpc) is 2.64. The molecule has 2 rings (SSSR count). The Balaban J connectivity index is 1.87. The molecule has 0 aliphatic heterocycles. The number of carbonyl (C=O) groups excluding carboxylic acids is 2. The molecule has 0 atom stereocenters. The fourth-order valence-corrected chi connectivity index (χ4v) is 2.68. The third-order valence-corrected chi connectivity index (χ3v) is 3.92. The van der Waals surface area contributed by atoms with Gasteiger partial charge in [0.2, 0.25) is 0 Å². The molecule has 0 unspecified atom stereocenters. The van der Waals surface area contributed by atoms with E-state index in [0.29, 0.717) is 29.8 Å². The number of nitrogens with one attached hydrogen (secondary N) is 1. The SMILES string of the molecule is CCCN(CCC)C(=O)COC(=O)CCc1nc2ccccc2c(=O)[nH]1. The van der Waals surface area contributed by atoms with Crippen LogP contribution in [0.4, 0.5) is 0 Å². The zero-order valence-corrected chi connectivity index (χ0v) is 15.3. The van der Waals surface area contributed by atoms with Crippen molar-refractivity contribution in [1.29, 1.82) is 0 Å². The Hall–Kier alpha value is -2.70. The van der Waals surface area contributed by atoms with E-state index in [9.17, 15) is 14.4 Å². The maximum absolute atomic E-state index is 12.1. The standard InChI is InChI=1S/C19H25N3O4/c1-3-11-22(12-4-2)17(23)13-26-18(24)10-9-16-20-15-8-6-5-7-14(15)19(25)21-16/h5-8H,3-4,9-13H2,1-2H3,(H,20,21,25). The van der Waals surface area contributed by atoms with Crippen molar-refractivity contribution in [3.8, 4) is 0 Å². The minimum Gasteiger partial charge on any atom is -0.456 e. The highest BCUT2D eigenvalue weighted by Crippen LogP contribution is 2.07. The monoisotopic (exact) mass is 359 g/mol. The summed E-state index contributed by atoms with van der Waals surface area (Å²) in [6, 6.07) is 7.02. The Morgan fingerprint density at radius 2 is 1.85 bits per heavy atom. The van der Waals surface area contributed by atoms with E-state index in [4.69, 9.17) is 4.74 Å². The molecular weight excluding hydrogens is 334 g/mol. The van der Waals surface area contributed by atoms with E-state index in [-0.39, 0.29) is 30.9 Å². The molecule has 0 aliphatic carbocycles. The number of esters is 1. The molecule has 1 aromatic heterocycles. The second kappa shape index (κ2) is 9.70. The zero-order chi connectivity index (χ0) is 18.9. The molecule has 0 aliphatic rings. The highest BCUT2D eigenvalue weighted by molar-refractivity contribution is 5.80. The molecule has 7 nitrogen and oxygen atoms in total. The lowest BCUT2D eigenvalue weighted by atomic mass is 10.2. The van der Waals surface area contributed by atoms with Crippen LogP contribution in [-0.4, -0.2) is 46.4 Å². The first-order valence-electron chi connectivity index (χ1n) is 8.96. The molecule has 0 saturated carbocycles. The molecule has 140 valence electrons. The summed E-state index contributed by atoms with van der Waals surface area (Å²) in [5, 5.41) is 0.511. The molecule has 2 aromatic rings. The van der Waals surface area contributed by atoms with Gasteiger partial charge in [-0.1, -0.05) is 26.0 Å². The van der Waals surface area contributed by atoms with E-state index >= 15 is 0 Å². The topological polar surface area (TPSA) is 92.4 Å². The van der Waals surface area contributed by atoms with E-state index in [1.165, 1.54) is 0 Å².